The number of hydrazine groups is 1. The van der Waals surface area contributed by atoms with Crippen LogP contribution in [0.3, 0.4) is 0 Å². The Morgan fingerprint density at radius 1 is 1.24 bits per heavy atom. The van der Waals surface area contributed by atoms with Crippen LogP contribution in [0, 0.1) is 5.92 Å². The highest BCUT2D eigenvalue weighted by atomic mass is 79.9. The SMILES string of the molecule is CC.CN1NC(Nc2ccc3ncc(Br)cc3n2)SC1C1CCCC1. The molecule has 0 spiro atoms. The fraction of sp³-hybridized carbons (Fsp3) is 0.556. The van der Waals surface area contributed by atoms with Gasteiger partial charge in [0.2, 0.25) is 0 Å². The molecule has 2 aliphatic rings. The highest BCUT2D eigenvalue weighted by Gasteiger charge is 2.36. The van der Waals surface area contributed by atoms with Crippen molar-refractivity contribution in [1.82, 2.24) is 20.4 Å². The molecular weight excluding hydrogens is 398 g/mol. The molecule has 0 radical (unpaired) electrons. The number of fused-ring (bicyclic) bond motifs is 1. The molecule has 0 amide bonds. The van der Waals surface area contributed by atoms with Gasteiger partial charge in [-0.15, -0.1) is 0 Å². The number of rotatable bonds is 3. The molecule has 7 heteroatoms. The summed E-state index contributed by atoms with van der Waals surface area (Å²) in [5.41, 5.74) is 5.48. The predicted octanol–water partition coefficient (Wildman–Crippen LogP) is 4.81. The Morgan fingerprint density at radius 2 is 2.00 bits per heavy atom. The van der Waals surface area contributed by atoms with E-state index in [1.165, 1.54) is 25.7 Å². The second-order valence-corrected chi connectivity index (χ2v) is 8.37. The molecule has 2 unspecified atom stereocenters. The van der Waals surface area contributed by atoms with Gasteiger partial charge < -0.3 is 5.32 Å². The van der Waals surface area contributed by atoms with E-state index in [9.17, 15) is 0 Å². The van der Waals surface area contributed by atoms with E-state index in [-0.39, 0.29) is 5.50 Å². The number of aromatic nitrogens is 2. The molecule has 1 aliphatic heterocycles. The van der Waals surface area contributed by atoms with Crippen LogP contribution in [0.25, 0.3) is 11.0 Å². The van der Waals surface area contributed by atoms with Crippen molar-refractivity contribution in [2.45, 2.75) is 50.4 Å². The van der Waals surface area contributed by atoms with E-state index in [1.807, 2.05) is 43.8 Å². The number of anilines is 1. The van der Waals surface area contributed by atoms with Crippen LogP contribution in [0.4, 0.5) is 5.82 Å². The lowest BCUT2D eigenvalue weighted by Crippen LogP contribution is -2.40. The molecule has 2 atom stereocenters. The van der Waals surface area contributed by atoms with Gasteiger partial charge in [0.1, 0.15) is 11.3 Å². The van der Waals surface area contributed by atoms with E-state index in [1.54, 1.807) is 6.20 Å². The van der Waals surface area contributed by atoms with Gasteiger partial charge in [0.15, 0.2) is 0 Å². The van der Waals surface area contributed by atoms with Crippen LogP contribution in [0.5, 0.6) is 0 Å². The van der Waals surface area contributed by atoms with E-state index >= 15 is 0 Å². The first kappa shape index (κ1) is 18.9. The summed E-state index contributed by atoms with van der Waals surface area (Å²) in [5.74, 6) is 1.68. The minimum Gasteiger partial charge on any atom is -0.345 e. The maximum Gasteiger partial charge on any atom is 0.141 e. The van der Waals surface area contributed by atoms with Crippen LogP contribution in [-0.2, 0) is 0 Å². The topological polar surface area (TPSA) is 53.1 Å². The maximum absolute atomic E-state index is 4.67. The van der Waals surface area contributed by atoms with Crippen LogP contribution in [0.1, 0.15) is 39.5 Å². The number of hydrogen-bond donors (Lipinski definition) is 2. The highest BCUT2D eigenvalue weighted by molar-refractivity contribution is 9.10. The fourth-order valence-corrected chi connectivity index (χ4v) is 5.20. The van der Waals surface area contributed by atoms with Crippen molar-refractivity contribution in [3.05, 3.63) is 28.9 Å². The molecule has 3 heterocycles. The zero-order chi connectivity index (χ0) is 17.8. The van der Waals surface area contributed by atoms with E-state index < -0.39 is 0 Å². The Bertz CT molecular complexity index is 707. The third-order valence-corrected chi connectivity index (χ3v) is 6.47. The lowest BCUT2D eigenvalue weighted by molar-refractivity contribution is 0.197. The van der Waals surface area contributed by atoms with Gasteiger partial charge in [0.05, 0.1) is 16.4 Å². The average molecular weight is 424 g/mol. The number of thioether (sulfide) groups is 1. The minimum atomic E-state index is 0.163. The van der Waals surface area contributed by atoms with Gasteiger partial charge in [-0.1, -0.05) is 38.5 Å². The van der Waals surface area contributed by atoms with E-state index in [4.69, 9.17) is 0 Å². The van der Waals surface area contributed by atoms with Gasteiger partial charge in [0.25, 0.3) is 0 Å². The smallest absolute Gasteiger partial charge is 0.141 e. The molecule has 25 heavy (non-hydrogen) atoms. The van der Waals surface area contributed by atoms with Gasteiger partial charge in [-0.05, 0) is 52.9 Å². The molecule has 2 N–H and O–H groups in total. The molecule has 2 fully saturated rings. The van der Waals surface area contributed by atoms with Crippen molar-refractivity contribution < 1.29 is 0 Å². The Morgan fingerprint density at radius 3 is 2.76 bits per heavy atom. The van der Waals surface area contributed by atoms with Gasteiger partial charge in [-0.2, -0.15) is 0 Å². The standard InChI is InChI=1S/C16H20BrN5S.C2H6/c1-22-15(10-4-2-3-5-10)23-16(21-22)20-14-7-6-12-13(19-14)8-11(17)9-18-12;1-2/h6-10,15-16,21H,2-5H2,1H3,(H,19,20);1-2H3. The van der Waals surface area contributed by atoms with Crippen LogP contribution in [0.15, 0.2) is 28.9 Å². The molecule has 2 aromatic heterocycles. The summed E-state index contributed by atoms with van der Waals surface area (Å²) in [4.78, 5) is 9.04. The first-order valence-corrected chi connectivity index (χ1v) is 10.8. The fourth-order valence-electron chi connectivity index (χ4n) is 3.45. The number of hydrogen-bond acceptors (Lipinski definition) is 6. The molecule has 5 nitrogen and oxygen atoms in total. The monoisotopic (exact) mass is 423 g/mol. The Hall–Kier alpha value is -0.890. The molecule has 0 aromatic carbocycles. The van der Waals surface area contributed by atoms with Gasteiger partial charge >= 0.3 is 0 Å². The third kappa shape index (κ3) is 4.45. The van der Waals surface area contributed by atoms with Crippen LogP contribution in [-0.4, -0.2) is 32.9 Å². The second kappa shape index (κ2) is 8.66. The van der Waals surface area contributed by atoms with Crippen molar-refractivity contribution in [1.29, 1.82) is 0 Å². The van der Waals surface area contributed by atoms with Crippen LogP contribution in [0.2, 0.25) is 0 Å². The van der Waals surface area contributed by atoms with E-state index in [0.717, 1.165) is 27.2 Å². The van der Waals surface area contributed by atoms with Crippen molar-refractivity contribution in [3.8, 4) is 0 Å². The normalized spacial score (nSPS) is 24.3. The lowest BCUT2D eigenvalue weighted by Gasteiger charge is -2.23. The number of nitrogens with one attached hydrogen (secondary N) is 2. The predicted molar refractivity (Wildman–Crippen MR) is 110 cm³/mol. The average Bonchev–Trinajstić information content (AvgIpc) is 3.26. The lowest BCUT2D eigenvalue weighted by atomic mass is 10.1. The van der Waals surface area contributed by atoms with Gasteiger partial charge in [0, 0.05) is 17.7 Å². The summed E-state index contributed by atoms with van der Waals surface area (Å²) in [6.45, 7) is 4.00. The summed E-state index contributed by atoms with van der Waals surface area (Å²) in [5, 5.41) is 6.30. The first-order valence-electron chi connectivity index (χ1n) is 9.02. The Labute approximate surface area is 162 Å². The maximum atomic E-state index is 4.67. The van der Waals surface area contributed by atoms with Gasteiger partial charge in [-0.3, -0.25) is 4.98 Å². The van der Waals surface area contributed by atoms with Crippen LogP contribution < -0.4 is 10.7 Å². The number of nitrogens with zero attached hydrogens (tertiary/aromatic N) is 3. The molecular formula is C18H26BrN5S. The molecule has 4 rings (SSSR count). The first-order chi connectivity index (χ1) is 12.2. The molecule has 136 valence electrons. The highest BCUT2D eigenvalue weighted by Crippen LogP contribution is 2.39. The summed E-state index contributed by atoms with van der Waals surface area (Å²) in [6, 6.07) is 6.00. The Balaban J connectivity index is 0.000000880. The number of pyridine rings is 2. The summed E-state index contributed by atoms with van der Waals surface area (Å²) in [6.07, 6.45) is 7.25. The quantitative estimate of drug-likeness (QED) is 0.738. The molecule has 1 saturated heterocycles. The zero-order valence-electron chi connectivity index (χ0n) is 15.0. The number of halogens is 1. The van der Waals surface area contributed by atoms with Crippen molar-refractivity contribution in [2.75, 3.05) is 12.4 Å². The van der Waals surface area contributed by atoms with Crippen molar-refractivity contribution in [2.24, 2.45) is 5.92 Å². The molecule has 1 saturated carbocycles. The molecule has 1 aliphatic carbocycles. The Kier molecular flexibility index (Phi) is 6.55. The van der Waals surface area contributed by atoms with Crippen molar-refractivity contribution in [3.63, 3.8) is 0 Å². The summed E-state index contributed by atoms with van der Waals surface area (Å²) >= 11 is 5.41. The minimum absolute atomic E-state index is 0.163. The van der Waals surface area contributed by atoms with Gasteiger partial charge in [-0.25, -0.2) is 15.4 Å². The molecule has 0 bridgehead atoms. The van der Waals surface area contributed by atoms with Crippen molar-refractivity contribution >= 4 is 44.5 Å². The van der Waals surface area contributed by atoms with E-state index in [2.05, 4.69) is 48.7 Å². The zero-order valence-corrected chi connectivity index (χ0v) is 17.4. The third-order valence-electron chi connectivity index (χ3n) is 4.56. The molecule has 2 aromatic rings. The second-order valence-electron chi connectivity index (χ2n) is 6.22. The summed E-state index contributed by atoms with van der Waals surface area (Å²) < 4.78 is 0.948. The largest absolute Gasteiger partial charge is 0.345 e. The van der Waals surface area contributed by atoms with E-state index in [0.29, 0.717) is 5.37 Å². The summed E-state index contributed by atoms with van der Waals surface area (Å²) in [7, 11) is 2.15. The van der Waals surface area contributed by atoms with Crippen LogP contribution >= 0.6 is 27.7 Å².